The van der Waals surface area contributed by atoms with Crippen LogP contribution in [0.2, 0.25) is 0 Å². The number of hydrogen-bond donors (Lipinski definition) is 23. The van der Waals surface area contributed by atoms with E-state index in [1.165, 1.54) is 0 Å². The summed E-state index contributed by atoms with van der Waals surface area (Å²) in [4.78, 5) is 13.6. The topological polar surface area (TPSA) is 639 Å². The first-order chi connectivity index (χ1) is 49.3. The summed E-state index contributed by atoms with van der Waals surface area (Å²) in [5, 5.41) is 259. The third kappa shape index (κ3) is 16.8. The maximum absolute atomic E-state index is 13.6. The highest BCUT2D eigenvalue weighted by molar-refractivity contribution is 5.73. The summed E-state index contributed by atoms with van der Waals surface area (Å²) in [6, 6.07) is 16.1. The molecule has 32 rings (SSSR count). The molecule has 30 aliphatic heterocycles. The van der Waals surface area contributed by atoms with E-state index in [1.54, 1.807) is 24.3 Å². The summed E-state index contributed by atoms with van der Waals surface area (Å²) in [7, 11) is 0. The van der Waals surface area contributed by atoms with Crippen LogP contribution in [-0.2, 0) is 91.7 Å². The molecule has 0 amide bonds. The van der Waals surface area contributed by atoms with E-state index in [0.29, 0.717) is 5.56 Å². The Labute approximate surface area is 583 Å². The monoisotopic (exact) mass is 1490 g/mol. The van der Waals surface area contributed by atoms with Gasteiger partial charge in [0.05, 0.1) is 52.7 Å². The Morgan fingerprint density at radius 1 is 0.252 bits per heavy atom. The third-order valence-corrected chi connectivity index (χ3v) is 19.5. The van der Waals surface area contributed by atoms with Crippen LogP contribution in [-0.4, -0.2) is 422 Å². The Morgan fingerprint density at radius 3 is 0.660 bits per heavy atom. The largest absolute Gasteiger partial charge is 0.463 e. The van der Waals surface area contributed by atoms with Gasteiger partial charge in [-0.1, -0.05) is 54.6 Å². The molecule has 2 aromatic rings. The summed E-state index contributed by atoms with van der Waals surface area (Å²) in [5.74, 6) is -0.907. The molecule has 30 saturated heterocycles. The number of aliphatic hydroxyl groups excluding tert-OH is 23. The normalized spacial score (nSPS) is 48.9. The molecule has 41 nitrogen and oxygen atoms in total. The van der Waals surface area contributed by atoms with Gasteiger partial charge in [-0.3, -0.25) is 4.79 Å². The zero-order chi connectivity index (χ0) is 74.2. The van der Waals surface area contributed by atoms with Crippen molar-refractivity contribution in [2.45, 2.75) is 252 Å². The van der Waals surface area contributed by atoms with E-state index in [4.69, 9.17) is 80.5 Å². The lowest BCUT2D eigenvalue weighted by Gasteiger charge is -2.50. The number of hydrogen-bond acceptors (Lipinski definition) is 41. The molecule has 0 radical (unpaired) electrons. The molecule has 103 heavy (non-hydrogen) atoms. The van der Waals surface area contributed by atoms with Gasteiger partial charge in [0.25, 0.3) is 0 Å². The first-order valence-electron chi connectivity index (χ1n) is 33.2. The van der Waals surface area contributed by atoms with E-state index in [9.17, 15) is 122 Å². The van der Waals surface area contributed by atoms with Crippen LogP contribution in [0.3, 0.4) is 0 Å². The summed E-state index contributed by atoms with van der Waals surface area (Å²) < 4.78 is 98.5. The van der Waals surface area contributed by atoms with Gasteiger partial charge in [-0.15, -0.1) is 0 Å². The van der Waals surface area contributed by atoms with Crippen LogP contribution in [0.4, 0.5) is 0 Å². The second kappa shape index (κ2) is 34.9. The Balaban J connectivity index is 0.863. The second-order valence-electron chi connectivity index (χ2n) is 26.2. The Kier molecular flexibility index (Phi) is 27.3. The smallest absolute Gasteiger partial charge is 0.310 e. The molecule has 0 unspecified atom stereocenters. The van der Waals surface area contributed by atoms with Gasteiger partial charge in [-0.2, -0.15) is 0 Å². The fourth-order valence-corrected chi connectivity index (χ4v) is 13.7. The van der Waals surface area contributed by atoms with E-state index in [2.05, 4.69) is 0 Å². The maximum Gasteiger partial charge on any atom is 0.310 e. The average Bonchev–Trinajstić information content (AvgIpc) is 0.775. The SMILES string of the molecule is O=C(Cc1ccc(-c2ccccc2)cc1)OC[C@@H]1O[C@@H]2O[C@H]3[C@H](O)[C@H](O)[C@@H](O[C@H]4[C@H](O)[C@H](O)[C@@H](O[C@H]5[C@H](O)[C@H](O)[C@@H](O[C@H]6[C@H](O)[C@H](O)[C@@H](O[C@H]7[C@H](O)[C@H](O)[C@@H](O[C@H]8[C@H](O)[C@H](O)[C@@H](O[C@H]9[C@H](O)[C@H](O)[C@@H](O[C@H]1[C@H](O)[C@@H]2O)O[C@H]9CO)O[C@H]8CO)O[C@H]7CO)O[C@H]6CO)O[C@H]5CO)O[C@H]4CO)O[C@H]3CO. The first-order valence-corrected chi connectivity index (χ1v) is 33.2. The first kappa shape index (κ1) is 80.4. The van der Waals surface area contributed by atoms with Crippen LogP contribution < -0.4 is 0 Å². The van der Waals surface area contributed by atoms with E-state index in [1.807, 2.05) is 30.3 Å². The van der Waals surface area contributed by atoms with Crippen LogP contribution in [0.1, 0.15) is 5.56 Å². The molecule has 16 bridgehead atoms. The highest BCUT2D eigenvalue weighted by atomic mass is 16.8. The van der Waals surface area contributed by atoms with Crippen LogP contribution in [0.15, 0.2) is 54.6 Å². The van der Waals surface area contributed by atoms with E-state index < -0.39 is 304 Å². The van der Waals surface area contributed by atoms with Gasteiger partial charge in [0.15, 0.2) is 50.3 Å². The number of rotatable bonds is 12. The van der Waals surface area contributed by atoms with Gasteiger partial charge in [-0.25, -0.2) is 0 Å². The fourth-order valence-electron chi connectivity index (χ4n) is 13.7. The van der Waals surface area contributed by atoms with Gasteiger partial charge >= 0.3 is 5.97 Å². The summed E-state index contributed by atoms with van der Waals surface area (Å²) in [5.41, 5.74) is 2.16. The minimum atomic E-state index is -2.32. The number of carbonyl (C=O) groups is 1. The van der Waals surface area contributed by atoms with Crippen LogP contribution in [0.25, 0.3) is 11.1 Å². The molecule has 584 valence electrons. The summed E-state index contributed by atoms with van der Waals surface area (Å²) in [6.07, 6.45) is -83.9. The number of ether oxygens (including phenoxy) is 17. The average molecular weight is 1490 g/mol. The van der Waals surface area contributed by atoms with Crippen molar-refractivity contribution < 1.29 is 203 Å². The summed E-state index contributed by atoms with van der Waals surface area (Å²) >= 11 is 0. The van der Waals surface area contributed by atoms with Gasteiger partial charge < -0.3 is 198 Å². The molecule has 2 aromatic carbocycles. The molecule has 30 fully saturated rings. The molecule has 0 spiro atoms. The van der Waals surface area contributed by atoms with Crippen molar-refractivity contribution in [1.82, 2.24) is 0 Å². The van der Waals surface area contributed by atoms with Crippen LogP contribution >= 0.6 is 0 Å². The predicted molar refractivity (Wildman–Crippen MR) is 321 cm³/mol. The highest BCUT2D eigenvalue weighted by Crippen LogP contribution is 2.40. The molecule has 40 atom stereocenters. The van der Waals surface area contributed by atoms with Crippen molar-refractivity contribution >= 4 is 5.97 Å². The third-order valence-electron chi connectivity index (χ3n) is 19.5. The lowest BCUT2D eigenvalue weighted by Crippen LogP contribution is -2.69. The van der Waals surface area contributed by atoms with Crippen molar-refractivity contribution in [1.29, 1.82) is 0 Å². The number of benzene rings is 2. The molecule has 0 aromatic heterocycles. The number of esters is 1. The van der Waals surface area contributed by atoms with Gasteiger partial charge in [0.2, 0.25) is 0 Å². The molecular formula is C62H90O41. The van der Waals surface area contributed by atoms with E-state index in [0.717, 1.165) is 11.1 Å². The predicted octanol–water partition coefficient (Wildman–Crippen LogP) is -13.9. The highest BCUT2D eigenvalue weighted by Gasteiger charge is 2.60. The molecule has 0 saturated carbocycles. The minimum Gasteiger partial charge on any atom is -0.463 e. The molecule has 30 aliphatic rings. The van der Waals surface area contributed by atoms with Crippen LogP contribution in [0.5, 0.6) is 0 Å². The van der Waals surface area contributed by atoms with Crippen LogP contribution in [0, 0.1) is 0 Å². The quantitative estimate of drug-likeness (QED) is 0.0878. The zero-order valence-corrected chi connectivity index (χ0v) is 54.3. The molecular weight excluding hydrogens is 1400 g/mol. The van der Waals surface area contributed by atoms with E-state index in [-0.39, 0.29) is 6.42 Å². The molecule has 0 aliphatic carbocycles. The standard InChI is InChI=1S/C62H90O41/c63-11-22-47-31(71)39(79)55(88-22)97-48-23(12-64)90-57(41(81)33(48)73)99-50-25(14-66)92-59(43(83)35(50)75)101-52-27(16-68)94-61(45(85)37(52)77)103-54-29(18-87-30(70)10-19-6-8-21(9-7-19)20-4-2-1-3-5-20)95-62(46(86)38(54)78)102-53-28(17-69)93-60(44(84)36(53)76)100-51-26(15-67)91-58(42(82)34(51)74)98-49-24(13-65)89-56(96-47)40(80)32(49)72/h1-9,22-29,31-69,71-86H,10-18H2/t22-,23-,24-,25-,26-,27-,28-,29-,31+,32+,33+,34+,35+,36+,37+,38+,39-,40-,41-,42-,43-,44-,45-,46-,47+,48+,49+,50+,51+,52+,53+,54+,55+,56+,57+,58+,59+,60+,61+,62+/m0/s1. The van der Waals surface area contributed by atoms with Crippen molar-refractivity contribution in [2.24, 2.45) is 0 Å². The number of carbonyl (C=O) groups excluding carboxylic acids is 1. The van der Waals surface area contributed by atoms with Crippen molar-refractivity contribution in [3.63, 3.8) is 0 Å². The number of aliphatic hydroxyl groups is 23. The lowest BCUT2D eigenvalue weighted by atomic mass is 9.94. The zero-order valence-electron chi connectivity index (χ0n) is 54.3. The van der Waals surface area contributed by atoms with Crippen molar-refractivity contribution in [2.75, 3.05) is 52.9 Å². The Bertz CT molecular complexity index is 2940. The second-order valence-corrected chi connectivity index (χ2v) is 26.2. The molecule has 41 heteroatoms. The molecule has 23 N–H and O–H groups in total. The van der Waals surface area contributed by atoms with Gasteiger partial charge in [0.1, 0.15) is 202 Å². The van der Waals surface area contributed by atoms with Crippen molar-refractivity contribution in [3.05, 3.63) is 60.2 Å². The Hall–Kier alpha value is -3.65. The van der Waals surface area contributed by atoms with Crippen molar-refractivity contribution in [3.8, 4) is 11.1 Å². The fraction of sp³-hybridized carbons (Fsp3) is 0.790. The van der Waals surface area contributed by atoms with Gasteiger partial charge in [-0.05, 0) is 16.7 Å². The minimum absolute atomic E-state index is 0.360. The summed E-state index contributed by atoms with van der Waals surface area (Å²) in [6.45, 7) is -8.61. The lowest BCUT2D eigenvalue weighted by molar-refractivity contribution is -0.404. The van der Waals surface area contributed by atoms with Gasteiger partial charge in [0, 0.05) is 0 Å². The molecule has 30 heterocycles. The Morgan fingerprint density at radius 2 is 0.447 bits per heavy atom. The maximum atomic E-state index is 13.6. The van der Waals surface area contributed by atoms with E-state index >= 15 is 0 Å².